The first kappa shape index (κ1) is 12.2. The van der Waals surface area contributed by atoms with Crippen molar-refractivity contribution in [2.24, 2.45) is 0 Å². The van der Waals surface area contributed by atoms with Crippen LogP contribution >= 0.6 is 22.9 Å². The average Bonchev–Trinajstić information content (AvgIpc) is 2.73. The molecule has 0 saturated heterocycles. The molecule has 0 aliphatic heterocycles. The van der Waals surface area contributed by atoms with E-state index in [0.29, 0.717) is 11.6 Å². The third-order valence-electron chi connectivity index (χ3n) is 2.29. The Morgan fingerprint density at radius 3 is 2.94 bits per heavy atom. The molecule has 2 rings (SSSR count). The molecule has 1 aromatic carbocycles. The monoisotopic (exact) mass is 268 g/mol. The van der Waals surface area contributed by atoms with E-state index in [2.05, 4.69) is 10.3 Å². The smallest absolute Gasteiger partial charge is 0.142 e. The highest BCUT2D eigenvalue weighted by atomic mass is 35.5. The molecule has 1 heterocycles. The van der Waals surface area contributed by atoms with Gasteiger partial charge in [-0.25, -0.2) is 4.98 Å². The van der Waals surface area contributed by atoms with Crippen LogP contribution in [0.4, 0.5) is 5.69 Å². The molecule has 2 aromatic rings. The Morgan fingerprint density at radius 1 is 1.47 bits per heavy atom. The van der Waals surface area contributed by atoms with Gasteiger partial charge in [-0.1, -0.05) is 11.6 Å². The van der Waals surface area contributed by atoms with Gasteiger partial charge in [0, 0.05) is 10.4 Å². The lowest BCUT2D eigenvalue weighted by atomic mass is 10.3. The number of aromatic nitrogens is 1. The number of anilines is 1. The number of benzene rings is 1. The molecule has 3 nitrogen and oxygen atoms in total. The van der Waals surface area contributed by atoms with Crippen molar-refractivity contribution >= 4 is 28.6 Å². The maximum Gasteiger partial charge on any atom is 0.142 e. The van der Waals surface area contributed by atoms with Gasteiger partial charge in [0.05, 0.1) is 30.0 Å². The highest BCUT2D eigenvalue weighted by Gasteiger charge is 2.04. The molecule has 90 valence electrons. The summed E-state index contributed by atoms with van der Waals surface area (Å²) in [5.74, 6) is 0.779. The van der Waals surface area contributed by atoms with Gasteiger partial charge in [-0.05, 0) is 25.1 Å². The van der Waals surface area contributed by atoms with Gasteiger partial charge < -0.3 is 10.1 Å². The van der Waals surface area contributed by atoms with E-state index in [9.17, 15) is 0 Å². The standard InChI is InChI=1S/C12H13ClN2OS/c1-8-15-10(7-17-8)6-14-11-5-9(13)3-4-12(11)16-2/h3-5,7,14H,6H2,1-2H3. The van der Waals surface area contributed by atoms with E-state index in [4.69, 9.17) is 16.3 Å². The van der Waals surface area contributed by atoms with E-state index < -0.39 is 0 Å². The van der Waals surface area contributed by atoms with Crippen LogP contribution in [0.3, 0.4) is 0 Å². The first-order valence-electron chi connectivity index (χ1n) is 5.17. The lowest BCUT2D eigenvalue weighted by Crippen LogP contribution is -2.01. The number of methoxy groups -OCH3 is 1. The number of ether oxygens (including phenoxy) is 1. The summed E-state index contributed by atoms with van der Waals surface area (Å²) in [4.78, 5) is 4.39. The summed E-state index contributed by atoms with van der Waals surface area (Å²) in [7, 11) is 1.64. The quantitative estimate of drug-likeness (QED) is 0.918. The highest BCUT2D eigenvalue weighted by molar-refractivity contribution is 7.09. The summed E-state index contributed by atoms with van der Waals surface area (Å²) < 4.78 is 5.26. The predicted octanol–water partition coefficient (Wildman–Crippen LogP) is 3.73. The summed E-state index contributed by atoms with van der Waals surface area (Å²) in [6.45, 7) is 2.66. The molecule has 0 radical (unpaired) electrons. The second-order valence-corrected chi connectivity index (χ2v) is 5.05. The van der Waals surface area contributed by atoms with Crippen LogP contribution in [-0.2, 0) is 6.54 Å². The Morgan fingerprint density at radius 2 is 2.29 bits per heavy atom. The van der Waals surface area contributed by atoms with E-state index in [1.165, 1.54) is 0 Å². The minimum Gasteiger partial charge on any atom is -0.495 e. The minimum atomic E-state index is 0.668. The van der Waals surface area contributed by atoms with Gasteiger partial charge in [0.1, 0.15) is 5.75 Å². The number of halogens is 1. The summed E-state index contributed by atoms with van der Waals surface area (Å²) in [5, 5.41) is 7.06. The fourth-order valence-corrected chi connectivity index (χ4v) is 2.28. The molecule has 0 atom stereocenters. The molecule has 1 N–H and O–H groups in total. The van der Waals surface area contributed by atoms with Crippen molar-refractivity contribution in [1.82, 2.24) is 4.98 Å². The number of rotatable bonds is 4. The average molecular weight is 269 g/mol. The van der Waals surface area contributed by atoms with Crippen LogP contribution in [0.1, 0.15) is 10.7 Å². The third kappa shape index (κ3) is 3.11. The van der Waals surface area contributed by atoms with E-state index in [1.54, 1.807) is 24.5 Å². The molecule has 0 unspecified atom stereocenters. The molecule has 0 amide bonds. The van der Waals surface area contributed by atoms with Gasteiger partial charge in [0.15, 0.2) is 0 Å². The lowest BCUT2D eigenvalue weighted by Gasteiger charge is -2.10. The van der Waals surface area contributed by atoms with Gasteiger partial charge in [0.25, 0.3) is 0 Å². The molecular formula is C12H13ClN2OS. The van der Waals surface area contributed by atoms with Crippen LogP contribution in [-0.4, -0.2) is 12.1 Å². The largest absolute Gasteiger partial charge is 0.495 e. The Labute approximate surface area is 109 Å². The van der Waals surface area contributed by atoms with Crippen LogP contribution in [0.5, 0.6) is 5.75 Å². The Balaban J connectivity index is 2.10. The summed E-state index contributed by atoms with van der Waals surface area (Å²) in [6.07, 6.45) is 0. The van der Waals surface area contributed by atoms with Crippen molar-refractivity contribution in [3.8, 4) is 5.75 Å². The molecule has 0 aliphatic carbocycles. The second-order valence-electron chi connectivity index (χ2n) is 3.56. The number of thiazole rings is 1. The van der Waals surface area contributed by atoms with Gasteiger partial charge in [0.2, 0.25) is 0 Å². The predicted molar refractivity (Wildman–Crippen MR) is 72.2 cm³/mol. The van der Waals surface area contributed by atoms with E-state index in [-0.39, 0.29) is 0 Å². The zero-order chi connectivity index (χ0) is 12.3. The molecule has 5 heteroatoms. The van der Waals surface area contributed by atoms with Gasteiger partial charge in [-0.3, -0.25) is 0 Å². The number of nitrogens with one attached hydrogen (secondary N) is 1. The first-order valence-corrected chi connectivity index (χ1v) is 6.43. The Kier molecular flexibility index (Phi) is 3.86. The lowest BCUT2D eigenvalue weighted by molar-refractivity contribution is 0.416. The number of hydrogen-bond donors (Lipinski definition) is 1. The van der Waals surface area contributed by atoms with Gasteiger partial charge in [-0.15, -0.1) is 11.3 Å². The van der Waals surface area contributed by atoms with Crippen molar-refractivity contribution in [1.29, 1.82) is 0 Å². The van der Waals surface area contributed by atoms with Gasteiger partial charge >= 0.3 is 0 Å². The van der Waals surface area contributed by atoms with Crippen molar-refractivity contribution < 1.29 is 4.74 Å². The van der Waals surface area contributed by atoms with E-state index in [1.807, 2.05) is 24.4 Å². The van der Waals surface area contributed by atoms with Crippen LogP contribution in [0.25, 0.3) is 0 Å². The fraction of sp³-hybridized carbons (Fsp3) is 0.250. The van der Waals surface area contributed by atoms with Crippen molar-refractivity contribution in [3.63, 3.8) is 0 Å². The maximum absolute atomic E-state index is 5.95. The van der Waals surface area contributed by atoms with Crippen LogP contribution in [0, 0.1) is 6.92 Å². The van der Waals surface area contributed by atoms with Crippen molar-refractivity contribution in [2.75, 3.05) is 12.4 Å². The fourth-order valence-electron chi connectivity index (χ4n) is 1.49. The van der Waals surface area contributed by atoms with Crippen molar-refractivity contribution in [3.05, 3.63) is 39.3 Å². The van der Waals surface area contributed by atoms with Crippen molar-refractivity contribution in [2.45, 2.75) is 13.5 Å². The molecule has 0 spiro atoms. The van der Waals surface area contributed by atoms with Crippen LogP contribution in [0.2, 0.25) is 5.02 Å². The number of hydrogen-bond acceptors (Lipinski definition) is 4. The molecule has 1 aromatic heterocycles. The summed E-state index contributed by atoms with van der Waals surface area (Å²) >= 11 is 7.59. The molecule has 0 saturated carbocycles. The number of nitrogens with zero attached hydrogens (tertiary/aromatic N) is 1. The topological polar surface area (TPSA) is 34.1 Å². The number of aryl methyl sites for hydroxylation is 1. The SMILES string of the molecule is COc1ccc(Cl)cc1NCc1csc(C)n1. The summed E-state index contributed by atoms with van der Waals surface area (Å²) in [5.41, 5.74) is 1.90. The molecule has 0 aliphatic rings. The third-order valence-corrected chi connectivity index (χ3v) is 3.35. The Hall–Kier alpha value is -1.26. The molecule has 0 bridgehead atoms. The van der Waals surface area contributed by atoms with Crippen LogP contribution in [0.15, 0.2) is 23.6 Å². The molecule has 17 heavy (non-hydrogen) atoms. The zero-order valence-corrected chi connectivity index (χ0v) is 11.2. The highest BCUT2D eigenvalue weighted by Crippen LogP contribution is 2.28. The van der Waals surface area contributed by atoms with E-state index in [0.717, 1.165) is 22.1 Å². The molecular weight excluding hydrogens is 256 g/mol. The van der Waals surface area contributed by atoms with Gasteiger partial charge in [-0.2, -0.15) is 0 Å². The second kappa shape index (κ2) is 5.38. The first-order chi connectivity index (χ1) is 8.19. The Bertz CT molecular complexity index is 513. The maximum atomic E-state index is 5.95. The van der Waals surface area contributed by atoms with E-state index >= 15 is 0 Å². The summed E-state index contributed by atoms with van der Waals surface area (Å²) in [6, 6.07) is 5.50. The normalized spacial score (nSPS) is 10.3. The zero-order valence-electron chi connectivity index (χ0n) is 9.66. The minimum absolute atomic E-state index is 0.668. The molecule has 0 fully saturated rings. The van der Waals surface area contributed by atoms with Crippen LogP contribution < -0.4 is 10.1 Å².